The molecule has 8 heteroatoms. The van der Waals surface area contributed by atoms with Crippen LogP contribution in [0.1, 0.15) is 31.7 Å². The number of hydrogen-bond acceptors (Lipinski definition) is 6. The molecule has 4 heterocycles. The number of piperidine rings is 1. The van der Waals surface area contributed by atoms with Crippen LogP contribution >= 0.6 is 0 Å². The summed E-state index contributed by atoms with van der Waals surface area (Å²) in [6.45, 7) is 5.29. The first kappa shape index (κ1) is 20.0. The van der Waals surface area contributed by atoms with Crippen LogP contribution in [0.3, 0.4) is 0 Å². The fourth-order valence-corrected chi connectivity index (χ4v) is 3.74. The molecule has 3 aromatic heterocycles. The quantitative estimate of drug-likeness (QED) is 0.448. The minimum absolute atomic E-state index is 0.0976. The van der Waals surface area contributed by atoms with Crippen molar-refractivity contribution < 1.29 is 5.11 Å². The Morgan fingerprint density at radius 2 is 2.13 bits per heavy atom. The number of phenolic OH excluding ortho intramolecular Hbond substituents is 1. The van der Waals surface area contributed by atoms with Crippen molar-refractivity contribution in [3.8, 4) is 17.1 Å². The molecule has 8 nitrogen and oxygen atoms in total. The Labute approximate surface area is 174 Å². The van der Waals surface area contributed by atoms with Gasteiger partial charge in [-0.25, -0.2) is 9.97 Å². The van der Waals surface area contributed by atoms with Gasteiger partial charge in [-0.15, -0.1) is 0 Å². The molecular formula is C22H26N6O2. The van der Waals surface area contributed by atoms with E-state index >= 15 is 0 Å². The van der Waals surface area contributed by atoms with Crippen LogP contribution in [0.25, 0.3) is 33.2 Å². The van der Waals surface area contributed by atoms with Crippen LogP contribution in [-0.4, -0.2) is 42.4 Å². The molecule has 1 saturated heterocycles. The van der Waals surface area contributed by atoms with Crippen LogP contribution in [-0.2, 0) is 7.05 Å². The highest BCUT2D eigenvalue weighted by Gasteiger charge is 2.16. The topological polar surface area (TPSA) is 109 Å². The molecule has 0 amide bonds. The van der Waals surface area contributed by atoms with Crippen molar-refractivity contribution in [2.75, 3.05) is 6.54 Å². The van der Waals surface area contributed by atoms with Crippen molar-refractivity contribution in [2.45, 2.75) is 39.2 Å². The SMILES string of the molecule is C[C@H]1CCCCN1.Cc1c(O)c(-c2ncc3c(=O)[nH]ccc3n2)cc2cn(C)nc12. The first-order chi connectivity index (χ1) is 14.4. The van der Waals surface area contributed by atoms with E-state index in [1.807, 2.05) is 13.2 Å². The Bertz CT molecular complexity index is 1250. The number of benzene rings is 1. The predicted octanol–water partition coefficient (Wildman–Crippen LogP) is 3.03. The van der Waals surface area contributed by atoms with Gasteiger partial charge in [0.1, 0.15) is 5.75 Å². The van der Waals surface area contributed by atoms with Crippen molar-refractivity contribution >= 4 is 21.8 Å². The van der Waals surface area contributed by atoms with E-state index < -0.39 is 0 Å². The van der Waals surface area contributed by atoms with E-state index in [0.29, 0.717) is 27.9 Å². The van der Waals surface area contributed by atoms with Gasteiger partial charge in [0, 0.05) is 42.6 Å². The van der Waals surface area contributed by atoms with Gasteiger partial charge in [-0.3, -0.25) is 9.48 Å². The number of aromatic amines is 1. The van der Waals surface area contributed by atoms with Crippen molar-refractivity contribution in [2.24, 2.45) is 7.05 Å². The molecule has 5 rings (SSSR count). The molecule has 0 saturated carbocycles. The van der Waals surface area contributed by atoms with Gasteiger partial charge in [0.05, 0.1) is 22.0 Å². The number of aromatic hydroxyl groups is 1. The van der Waals surface area contributed by atoms with Crippen LogP contribution in [0.5, 0.6) is 5.75 Å². The number of nitrogens with one attached hydrogen (secondary N) is 2. The first-order valence-corrected chi connectivity index (χ1v) is 10.2. The number of fused-ring (bicyclic) bond motifs is 2. The summed E-state index contributed by atoms with van der Waals surface area (Å²) in [5, 5.41) is 19.5. The lowest BCUT2D eigenvalue weighted by molar-refractivity contribution is 0.425. The highest BCUT2D eigenvalue weighted by molar-refractivity contribution is 5.90. The lowest BCUT2D eigenvalue weighted by atomic mass is 10.1. The van der Waals surface area contributed by atoms with Crippen LogP contribution in [0.4, 0.5) is 0 Å². The lowest BCUT2D eigenvalue weighted by Crippen LogP contribution is -2.30. The zero-order valence-electron chi connectivity index (χ0n) is 17.4. The molecule has 156 valence electrons. The van der Waals surface area contributed by atoms with E-state index in [1.165, 1.54) is 38.2 Å². The zero-order valence-corrected chi connectivity index (χ0v) is 17.4. The summed E-state index contributed by atoms with van der Waals surface area (Å²) < 4.78 is 1.70. The summed E-state index contributed by atoms with van der Waals surface area (Å²) in [5.41, 5.74) is 2.23. The molecule has 1 aliphatic heterocycles. The van der Waals surface area contributed by atoms with Gasteiger partial charge in [-0.2, -0.15) is 5.10 Å². The molecule has 0 spiro atoms. The zero-order chi connectivity index (χ0) is 21.3. The fourth-order valence-electron chi connectivity index (χ4n) is 3.74. The summed E-state index contributed by atoms with van der Waals surface area (Å²) in [6.07, 6.45) is 9.06. The summed E-state index contributed by atoms with van der Waals surface area (Å²) in [5.74, 6) is 0.467. The second-order valence-corrected chi connectivity index (χ2v) is 7.79. The number of hydrogen-bond donors (Lipinski definition) is 3. The molecule has 1 atom stereocenters. The average Bonchev–Trinajstić information content (AvgIpc) is 3.12. The maximum atomic E-state index is 11.7. The summed E-state index contributed by atoms with van der Waals surface area (Å²) in [4.78, 5) is 23.0. The number of pyridine rings is 1. The Kier molecular flexibility index (Phi) is 5.50. The van der Waals surface area contributed by atoms with E-state index in [0.717, 1.165) is 16.9 Å². The van der Waals surface area contributed by atoms with Crippen LogP contribution in [0, 0.1) is 6.92 Å². The van der Waals surface area contributed by atoms with Gasteiger partial charge in [0.25, 0.3) is 5.56 Å². The Hall–Kier alpha value is -3.26. The van der Waals surface area contributed by atoms with E-state index in [2.05, 4.69) is 32.3 Å². The summed E-state index contributed by atoms with van der Waals surface area (Å²) >= 11 is 0. The maximum absolute atomic E-state index is 11.7. The maximum Gasteiger partial charge on any atom is 0.258 e. The Morgan fingerprint density at radius 1 is 1.30 bits per heavy atom. The van der Waals surface area contributed by atoms with Crippen molar-refractivity contribution in [3.63, 3.8) is 0 Å². The number of aryl methyl sites for hydroxylation is 2. The molecule has 0 unspecified atom stereocenters. The van der Waals surface area contributed by atoms with Crippen LogP contribution in [0.2, 0.25) is 0 Å². The normalized spacial score (nSPS) is 16.4. The van der Waals surface area contributed by atoms with Crippen molar-refractivity contribution in [3.05, 3.63) is 46.6 Å². The van der Waals surface area contributed by atoms with Crippen LogP contribution < -0.4 is 10.9 Å². The van der Waals surface area contributed by atoms with Gasteiger partial charge in [-0.1, -0.05) is 6.42 Å². The smallest absolute Gasteiger partial charge is 0.258 e. The van der Waals surface area contributed by atoms with Gasteiger partial charge in [0.15, 0.2) is 5.82 Å². The predicted molar refractivity (Wildman–Crippen MR) is 118 cm³/mol. The molecule has 0 bridgehead atoms. The minimum atomic E-state index is -0.239. The summed E-state index contributed by atoms with van der Waals surface area (Å²) in [6, 6.07) is 4.29. The minimum Gasteiger partial charge on any atom is -0.507 e. The third-order valence-electron chi connectivity index (χ3n) is 5.44. The number of rotatable bonds is 1. The van der Waals surface area contributed by atoms with E-state index in [4.69, 9.17) is 0 Å². The number of H-pyrrole nitrogens is 1. The molecule has 4 aromatic rings. The molecule has 1 aromatic carbocycles. The second kappa shape index (κ2) is 8.23. The molecular weight excluding hydrogens is 380 g/mol. The first-order valence-electron chi connectivity index (χ1n) is 10.2. The third-order valence-corrected chi connectivity index (χ3v) is 5.44. The van der Waals surface area contributed by atoms with Gasteiger partial charge in [0.2, 0.25) is 0 Å². The van der Waals surface area contributed by atoms with Crippen LogP contribution in [0.15, 0.2) is 35.5 Å². The molecule has 0 radical (unpaired) electrons. The van der Waals surface area contributed by atoms with Gasteiger partial charge < -0.3 is 15.4 Å². The van der Waals surface area contributed by atoms with E-state index in [9.17, 15) is 9.90 Å². The second-order valence-electron chi connectivity index (χ2n) is 7.79. The Balaban J connectivity index is 0.000000265. The Morgan fingerprint density at radius 3 is 2.83 bits per heavy atom. The van der Waals surface area contributed by atoms with Crippen molar-refractivity contribution in [1.29, 1.82) is 0 Å². The molecule has 1 aliphatic rings. The molecule has 0 aliphatic carbocycles. The molecule has 30 heavy (non-hydrogen) atoms. The highest BCUT2D eigenvalue weighted by atomic mass is 16.3. The lowest BCUT2D eigenvalue weighted by Gasteiger charge is -2.18. The number of nitrogens with zero attached hydrogens (tertiary/aromatic N) is 4. The third kappa shape index (κ3) is 3.91. The number of phenols is 1. The largest absolute Gasteiger partial charge is 0.507 e. The molecule has 1 fully saturated rings. The van der Waals surface area contributed by atoms with E-state index in [1.54, 1.807) is 23.7 Å². The van der Waals surface area contributed by atoms with E-state index in [-0.39, 0.29) is 11.3 Å². The van der Waals surface area contributed by atoms with Gasteiger partial charge in [-0.05, 0) is 45.4 Å². The van der Waals surface area contributed by atoms with Crippen molar-refractivity contribution in [1.82, 2.24) is 30.0 Å². The monoisotopic (exact) mass is 406 g/mol. The molecule has 3 N–H and O–H groups in total. The number of aromatic nitrogens is 5. The standard InChI is InChI=1S/C16H13N5O2.C6H13N/c1-8-13-9(7-21(2)20-13)5-10(14(8)22)15-18-6-11-12(19-15)3-4-17-16(11)23;1-6-4-2-3-5-7-6/h3-7,22H,1-2H3,(H,17,23);6-7H,2-5H2,1H3/t;6-/m.0/s1. The highest BCUT2D eigenvalue weighted by Crippen LogP contribution is 2.35. The fraction of sp³-hybridized carbons (Fsp3) is 0.364. The summed E-state index contributed by atoms with van der Waals surface area (Å²) in [7, 11) is 1.83. The average molecular weight is 406 g/mol. The van der Waals surface area contributed by atoms with Gasteiger partial charge >= 0.3 is 0 Å².